The molecule has 0 aliphatic carbocycles. The number of hydrogen-bond acceptors (Lipinski definition) is 5. The molecule has 3 aromatic rings. The molecule has 8 heteroatoms. The van der Waals surface area contributed by atoms with Gasteiger partial charge in [-0.1, -0.05) is 0 Å². The average molecular weight is 256 g/mol. The molecule has 2 N–H and O–H groups in total. The highest BCUT2D eigenvalue weighted by molar-refractivity contribution is 6.09. The molecule has 0 aliphatic rings. The second-order valence-electron chi connectivity index (χ2n) is 3.76. The predicted octanol–water partition coefficient (Wildman–Crippen LogP) is -0.102. The number of rotatable bonds is 2. The minimum atomic E-state index is -0.525. The molecular formula is C11H8N6O2. The zero-order valence-corrected chi connectivity index (χ0v) is 9.57. The second-order valence-corrected chi connectivity index (χ2v) is 3.76. The zero-order chi connectivity index (χ0) is 13.2. The van der Waals surface area contributed by atoms with Crippen LogP contribution in [0.5, 0.6) is 0 Å². The summed E-state index contributed by atoms with van der Waals surface area (Å²) in [5.41, 5.74) is 2.24. The van der Waals surface area contributed by atoms with E-state index in [1.807, 2.05) is 0 Å². The van der Waals surface area contributed by atoms with E-state index >= 15 is 0 Å². The van der Waals surface area contributed by atoms with Crippen LogP contribution in [0.3, 0.4) is 0 Å². The molecule has 0 radical (unpaired) electrons. The lowest BCUT2D eigenvalue weighted by Crippen LogP contribution is -2.31. The van der Waals surface area contributed by atoms with E-state index in [-0.39, 0.29) is 0 Å². The predicted molar refractivity (Wildman–Crippen MR) is 66.1 cm³/mol. The van der Waals surface area contributed by atoms with Crippen LogP contribution in [-0.4, -0.2) is 30.7 Å². The van der Waals surface area contributed by atoms with Gasteiger partial charge in [-0.15, -0.1) is 0 Å². The van der Waals surface area contributed by atoms with Crippen molar-refractivity contribution in [2.45, 2.75) is 0 Å². The van der Waals surface area contributed by atoms with E-state index in [1.165, 1.54) is 12.5 Å². The van der Waals surface area contributed by atoms with E-state index < -0.39 is 11.6 Å². The Balaban J connectivity index is 2.03. The quantitative estimate of drug-likeness (QED) is 0.666. The molecular weight excluding hydrogens is 248 g/mol. The first-order valence-electron chi connectivity index (χ1n) is 5.37. The van der Waals surface area contributed by atoms with Crippen molar-refractivity contribution < 1.29 is 4.79 Å². The highest BCUT2D eigenvalue weighted by Crippen LogP contribution is 2.15. The van der Waals surface area contributed by atoms with Gasteiger partial charge in [0.15, 0.2) is 0 Å². The molecule has 0 bridgehead atoms. The summed E-state index contributed by atoms with van der Waals surface area (Å²) in [6, 6.07) is 1.71. The van der Waals surface area contributed by atoms with E-state index in [0.717, 1.165) is 10.1 Å². The van der Waals surface area contributed by atoms with Gasteiger partial charge in [0.2, 0.25) is 0 Å². The summed E-state index contributed by atoms with van der Waals surface area (Å²) in [6.07, 6.45) is 7.43. The van der Waals surface area contributed by atoms with Crippen molar-refractivity contribution in [3.05, 3.63) is 53.2 Å². The summed E-state index contributed by atoms with van der Waals surface area (Å²) in [6.45, 7) is 0. The zero-order valence-electron chi connectivity index (χ0n) is 9.57. The summed E-state index contributed by atoms with van der Waals surface area (Å²) in [5.74, 6) is -0.451. The van der Waals surface area contributed by atoms with Gasteiger partial charge in [-0.25, -0.2) is 9.89 Å². The number of fused-ring (bicyclic) bond motifs is 1. The number of H-pyrrole nitrogens is 1. The molecule has 8 nitrogen and oxygen atoms in total. The van der Waals surface area contributed by atoms with Crippen LogP contribution in [0.15, 0.2) is 42.0 Å². The Morgan fingerprint density at radius 3 is 2.89 bits per heavy atom. The molecule has 1 amide bonds. The molecule has 0 atom stereocenters. The number of aromatic nitrogens is 5. The number of carbonyl (C=O) groups excluding carboxylic acids is 1. The molecule has 0 fully saturated rings. The third-order valence-electron chi connectivity index (χ3n) is 2.58. The Bertz CT molecular complexity index is 801. The Hall–Kier alpha value is -3.03. The van der Waals surface area contributed by atoms with Crippen molar-refractivity contribution in [2.75, 3.05) is 5.43 Å². The smallest absolute Gasteiger partial charge is 0.267 e. The van der Waals surface area contributed by atoms with Gasteiger partial charge in [0.05, 0.1) is 5.56 Å². The summed E-state index contributed by atoms with van der Waals surface area (Å²) in [4.78, 5) is 31.3. The van der Waals surface area contributed by atoms with E-state index in [9.17, 15) is 9.59 Å². The first kappa shape index (κ1) is 11.1. The Morgan fingerprint density at radius 1 is 1.26 bits per heavy atom. The van der Waals surface area contributed by atoms with Crippen molar-refractivity contribution >= 4 is 16.7 Å². The minimum absolute atomic E-state index is 0.355. The van der Waals surface area contributed by atoms with E-state index in [0.29, 0.717) is 10.9 Å². The fourth-order valence-electron chi connectivity index (χ4n) is 1.69. The van der Waals surface area contributed by atoms with Crippen LogP contribution in [0.1, 0.15) is 10.4 Å². The maximum Gasteiger partial charge on any atom is 0.362 e. The Kier molecular flexibility index (Phi) is 2.53. The molecule has 94 valence electrons. The SMILES string of the molecule is O=C(Nn1cn[nH]c1=O)c1cncc2cnccc12. The number of nitrogens with zero attached hydrogens (tertiary/aromatic N) is 4. The third-order valence-corrected chi connectivity index (χ3v) is 2.58. The summed E-state index contributed by atoms with van der Waals surface area (Å²) < 4.78 is 0.961. The molecule has 0 spiro atoms. The molecule has 0 aliphatic heterocycles. The van der Waals surface area contributed by atoms with Crippen LogP contribution < -0.4 is 11.1 Å². The number of hydrogen-bond donors (Lipinski definition) is 2. The second kappa shape index (κ2) is 4.33. The van der Waals surface area contributed by atoms with Crippen molar-refractivity contribution in [3.8, 4) is 0 Å². The highest BCUT2D eigenvalue weighted by atomic mass is 16.2. The van der Waals surface area contributed by atoms with Crippen molar-refractivity contribution in [1.29, 1.82) is 0 Å². The van der Waals surface area contributed by atoms with E-state index in [1.54, 1.807) is 24.7 Å². The summed E-state index contributed by atoms with van der Waals surface area (Å²) >= 11 is 0. The van der Waals surface area contributed by atoms with Gasteiger partial charge in [0.25, 0.3) is 5.91 Å². The number of aromatic amines is 1. The van der Waals surface area contributed by atoms with Gasteiger partial charge in [-0.2, -0.15) is 9.77 Å². The summed E-state index contributed by atoms with van der Waals surface area (Å²) in [7, 11) is 0. The fourth-order valence-corrected chi connectivity index (χ4v) is 1.69. The standard InChI is InChI=1S/C11H8N6O2/c18-10(16-17-6-14-15-11(17)19)9-5-13-4-7-3-12-2-1-8(7)9/h1-6H,(H,15,19)(H,16,18). The molecule has 0 aromatic carbocycles. The minimum Gasteiger partial charge on any atom is -0.267 e. The maximum atomic E-state index is 12.1. The first-order valence-corrected chi connectivity index (χ1v) is 5.37. The summed E-state index contributed by atoms with van der Waals surface area (Å²) in [5, 5.41) is 7.15. The van der Waals surface area contributed by atoms with Gasteiger partial charge in [0.1, 0.15) is 6.33 Å². The van der Waals surface area contributed by atoms with Gasteiger partial charge < -0.3 is 0 Å². The molecule has 3 aromatic heterocycles. The van der Waals surface area contributed by atoms with Crippen LogP contribution >= 0.6 is 0 Å². The molecule has 19 heavy (non-hydrogen) atoms. The lowest BCUT2D eigenvalue weighted by atomic mass is 10.1. The number of carbonyl (C=O) groups is 1. The topological polar surface area (TPSA) is 106 Å². The average Bonchev–Trinajstić information content (AvgIpc) is 2.83. The molecule has 3 heterocycles. The van der Waals surface area contributed by atoms with Crippen LogP contribution in [-0.2, 0) is 0 Å². The first-order chi connectivity index (χ1) is 9.25. The fraction of sp³-hybridized carbons (Fsp3) is 0. The Labute approximate surface area is 106 Å². The van der Waals surface area contributed by atoms with E-state index in [4.69, 9.17) is 0 Å². The Morgan fingerprint density at radius 2 is 2.11 bits per heavy atom. The van der Waals surface area contributed by atoms with Gasteiger partial charge in [0, 0.05) is 35.6 Å². The monoisotopic (exact) mass is 256 g/mol. The van der Waals surface area contributed by atoms with Crippen molar-refractivity contribution in [3.63, 3.8) is 0 Å². The van der Waals surface area contributed by atoms with Gasteiger partial charge in [-0.3, -0.25) is 20.2 Å². The van der Waals surface area contributed by atoms with Crippen molar-refractivity contribution in [1.82, 2.24) is 24.8 Å². The number of nitrogens with one attached hydrogen (secondary N) is 2. The normalized spacial score (nSPS) is 10.5. The highest BCUT2D eigenvalue weighted by Gasteiger charge is 2.11. The van der Waals surface area contributed by atoms with Crippen LogP contribution in [0.25, 0.3) is 10.8 Å². The van der Waals surface area contributed by atoms with Crippen LogP contribution in [0.2, 0.25) is 0 Å². The maximum absolute atomic E-state index is 12.1. The number of amides is 1. The van der Waals surface area contributed by atoms with Crippen LogP contribution in [0, 0.1) is 0 Å². The van der Waals surface area contributed by atoms with Crippen molar-refractivity contribution in [2.24, 2.45) is 0 Å². The lowest BCUT2D eigenvalue weighted by Gasteiger charge is -2.06. The van der Waals surface area contributed by atoms with Gasteiger partial charge >= 0.3 is 5.69 Å². The largest absolute Gasteiger partial charge is 0.362 e. The van der Waals surface area contributed by atoms with E-state index in [2.05, 4.69) is 25.6 Å². The lowest BCUT2D eigenvalue weighted by molar-refractivity contribution is 0.101. The molecule has 0 unspecified atom stereocenters. The molecule has 3 rings (SSSR count). The van der Waals surface area contributed by atoms with Crippen LogP contribution in [0.4, 0.5) is 0 Å². The third kappa shape index (κ3) is 1.95. The molecule has 0 saturated heterocycles. The van der Waals surface area contributed by atoms with Gasteiger partial charge in [-0.05, 0) is 6.07 Å². The number of pyridine rings is 2. The molecule has 0 saturated carbocycles.